The Balaban J connectivity index is 0.000000671. The van der Waals surface area contributed by atoms with Gasteiger partial charge in [0.05, 0.1) is 0 Å². The molecule has 0 aromatic carbocycles. The lowest BCUT2D eigenvalue weighted by Gasteiger charge is -2.24. The molecular weight excluding hydrogens is 156 g/mol. The van der Waals surface area contributed by atoms with Crippen LogP contribution in [0.15, 0.2) is 0 Å². The van der Waals surface area contributed by atoms with E-state index in [9.17, 15) is 0 Å². The van der Waals surface area contributed by atoms with Crippen molar-refractivity contribution in [3.63, 3.8) is 0 Å². The number of rotatable bonds is 3. The summed E-state index contributed by atoms with van der Waals surface area (Å²) >= 11 is 0. The van der Waals surface area contributed by atoms with E-state index in [1.165, 1.54) is 32.1 Å². The summed E-state index contributed by atoms with van der Waals surface area (Å²) in [6.45, 7) is 11.1. The standard InChI is InChI=1S/C11H22.C2H6/c1-4-10(5-2)11-8-6-7-9(11)3;1-2/h9-11H,4-8H2,1-3H3;1-2H3/t9-,11+;/m1./s1. The summed E-state index contributed by atoms with van der Waals surface area (Å²) in [7, 11) is 0. The van der Waals surface area contributed by atoms with E-state index in [0.29, 0.717) is 0 Å². The Labute approximate surface area is 85.1 Å². The average Bonchev–Trinajstić information content (AvgIpc) is 2.58. The molecule has 0 amide bonds. The highest BCUT2D eigenvalue weighted by molar-refractivity contribution is 4.79. The van der Waals surface area contributed by atoms with Crippen LogP contribution in [-0.2, 0) is 0 Å². The van der Waals surface area contributed by atoms with Gasteiger partial charge in [0.25, 0.3) is 0 Å². The van der Waals surface area contributed by atoms with E-state index in [4.69, 9.17) is 0 Å². The maximum atomic E-state index is 2.44. The second-order valence-electron chi connectivity index (χ2n) is 4.15. The van der Waals surface area contributed by atoms with Gasteiger partial charge in [-0.1, -0.05) is 60.3 Å². The SMILES string of the molecule is CC.CCC(CC)[C@H]1CCC[C@H]1C. The number of hydrogen-bond acceptors (Lipinski definition) is 0. The van der Waals surface area contributed by atoms with Gasteiger partial charge in [0, 0.05) is 0 Å². The summed E-state index contributed by atoms with van der Waals surface area (Å²) in [6, 6.07) is 0. The quantitative estimate of drug-likeness (QED) is 0.586. The van der Waals surface area contributed by atoms with Crippen LogP contribution in [0.1, 0.15) is 66.7 Å². The molecule has 2 atom stereocenters. The van der Waals surface area contributed by atoms with Crippen molar-refractivity contribution in [1.29, 1.82) is 0 Å². The predicted octanol–water partition coefficient (Wildman–Crippen LogP) is 4.89. The van der Waals surface area contributed by atoms with Gasteiger partial charge in [0.1, 0.15) is 0 Å². The summed E-state index contributed by atoms with van der Waals surface area (Å²) < 4.78 is 0. The fourth-order valence-electron chi connectivity index (χ4n) is 2.77. The number of hydrogen-bond donors (Lipinski definition) is 0. The van der Waals surface area contributed by atoms with Crippen molar-refractivity contribution in [2.45, 2.75) is 66.7 Å². The first-order chi connectivity index (χ1) is 6.29. The highest BCUT2D eigenvalue weighted by Gasteiger charge is 2.28. The van der Waals surface area contributed by atoms with Gasteiger partial charge in [-0.3, -0.25) is 0 Å². The summed E-state index contributed by atoms with van der Waals surface area (Å²) in [5.74, 6) is 3.09. The first kappa shape index (κ1) is 13.0. The zero-order chi connectivity index (χ0) is 10.3. The molecule has 1 saturated carbocycles. The van der Waals surface area contributed by atoms with Gasteiger partial charge in [0.15, 0.2) is 0 Å². The van der Waals surface area contributed by atoms with E-state index in [-0.39, 0.29) is 0 Å². The molecule has 0 aliphatic heterocycles. The molecule has 0 heteroatoms. The third-order valence-electron chi connectivity index (χ3n) is 3.58. The Morgan fingerprint density at radius 3 is 1.92 bits per heavy atom. The van der Waals surface area contributed by atoms with Crippen molar-refractivity contribution in [2.75, 3.05) is 0 Å². The Bertz CT molecular complexity index is 103. The molecule has 0 bridgehead atoms. The molecule has 1 aliphatic carbocycles. The van der Waals surface area contributed by atoms with Gasteiger partial charge in [-0.05, 0) is 24.2 Å². The summed E-state index contributed by atoms with van der Waals surface area (Å²) in [6.07, 6.45) is 7.27. The van der Waals surface area contributed by atoms with Crippen LogP contribution in [0.3, 0.4) is 0 Å². The van der Waals surface area contributed by atoms with Crippen LogP contribution in [0, 0.1) is 17.8 Å². The molecular formula is C13H28. The van der Waals surface area contributed by atoms with Gasteiger partial charge < -0.3 is 0 Å². The molecule has 0 aromatic rings. The molecule has 0 radical (unpaired) electrons. The summed E-state index contributed by atoms with van der Waals surface area (Å²) in [4.78, 5) is 0. The average molecular weight is 184 g/mol. The maximum absolute atomic E-state index is 2.44. The zero-order valence-electron chi connectivity index (χ0n) is 10.3. The van der Waals surface area contributed by atoms with Crippen LogP contribution >= 0.6 is 0 Å². The van der Waals surface area contributed by atoms with Crippen LogP contribution in [0.25, 0.3) is 0 Å². The fraction of sp³-hybridized carbons (Fsp3) is 1.00. The van der Waals surface area contributed by atoms with Gasteiger partial charge in [-0.2, -0.15) is 0 Å². The molecule has 1 fully saturated rings. The first-order valence-corrected chi connectivity index (χ1v) is 6.29. The molecule has 13 heavy (non-hydrogen) atoms. The second kappa shape index (κ2) is 7.41. The van der Waals surface area contributed by atoms with Crippen molar-refractivity contribution in [1.82, 2.24) is 0 Å². The minimum Gasteiger partial charge on any atom is -0.0683 e. The molecule has 0 N–H and O–H groups in total. The van der Waals surface area contributed by atoms with E-state index < -0.39 is 0 Å². The van der Waals surface area contributed by atoms with Gasteiger partial charge in [-0.15, -0.1) is 0 Å². The third kappa shape index (κ3) is 3.70. The third-order valence-corrected chi connectivity index (χ3v) is 3.58. The van der Waals surface area contributed by atoms with Gasteiger partial charge in [-0.25, -0.2) is 0 Å². The highest BCUT2D eigenvalue weighted by atomic mass is 14.3. The van der Waals surface area contributed by atoms with Crippen molar-refractivity contribution in [3.05, 3.63) is 0 Å². The minimum atomic E-state index is 1.01. The maximum Gasteiger partial charge on any atom is -0.0360 e. The van der Waals surface area contributed by atoms with E-state index >= 15 is 0 Å². The van der Waals surface area contributed by atoms with Crippen LogP contribution in [0.5, 0.6) is 0 Å². The van der Waals surface area contributed by atoms with E-state index in [2.05, 4.69) is 20.8 Å². The van der Waals surface area contributed by atoms with Crippen molar-refractivity contribution < 1.29 is 0 Å². The minimum absolute atomic E-state index is 1.01. The van der Waals surface area contributed by atoms with Crippen LogP contribution < -0.4 is 0 Å². The van der Waals surface area contributed by atoms with Crippen molar-refractivity contribution in [2.24, 2.45) is 17.8 Å². The Morgan fingerprint density at radius 1 is 1.08 bits per heavy atom. The largest absolute Gasteiger partial charge is 0.0683 e. The van der Waals surface area contributed by atoms with Crippen molar-refractivity contribution >= 4 is 0 Å². The van der Waals surface area contributed by atoms with Gasteiger partial charge in [0.2, 0.25) is 0 Å². The predicted molar refractivity (Wildman–Crippen MR) is 61.9 cm³/mol. The van der Waals surface area contributed by atoms with E-state index in [0.717, 1.165) is 17.8 Å². The van der Waals surface area contributed by atoms with E-state index in [1.807, 2.05) is 13.8 Å². The topological polar surface area (TPSA) is 0 Å². The molecule has 80 valence electrons. The molecule has 1 rings (SSSR count). The van der Waals surface area contributed by atoms with Crippen LogP contribution in [0.2, 0.25) is 0 Å². The fourth-order valence-corrected chi connectivity index (χ4v) is 2.77. The molecule has 0 saturated heterocycles. The lowest BCUT2D eigenvalue weighted by atomic mass is 9.82. The Morgan fingerprint density at radius 2 is 1.62 bits per heavy atom. The van der Waals surface area contributed by atoms with Crippen molar-refractivity contribution in [3.8, 4) is 0 Å². The summed E-state index contributed by atoms with van der Waals surface area (Å²) in [5, 5.41) is 0. The van der Waals surface area contributed by atoms with Crippen LogP contribution in [-0.4, -0.2) is 0 Å². The lowest BCUT2D eigenvalue weighted by molar-refractivity contribution is 0.260. The van der Waals surface area contributed by atoms with E-state index in [1.54, 1.807) is 0 Å². The monoisotopic (exact) mass is 184 g/mol. The zero-order valence-corrected chi connectivity index (χ0v) is 10.3. The van der Waals surface area contributed by atoms with Gasteiger partial charge >= 0.3 is 0 Å². The molecule has 0 unspecified atom stereocenters. The summed E-state index contributed by atoms with van der Waals surface area (Å²) in [5.41, 5.74) is 0. The smallest absolute Gasteiger partial charge is 0.0360 e. The first-order valence-electron chi connectivity index (χ1n) is 6.29. The molecule has 0 aromatic heterocycles. The molecule has 0 nitrogen and oxygen atoms in total. The Hall–Kier alpha value is 0. The second-order valence-corrected chi connectivity index (χ2v) is 4.15. The molecule has 0 heterocycles. The lowest BCUT2D eigenvalue weighted by Crippen LogP contribution is -2.15. The van der Waals surface area contributed by atoms with Crippen LogP contribution in [0.4, 0.5) is 0 Å². The molecule has 0 spiro atoms. The Kier molecular flexibility index (Phi) is 7.41. The molecule has 1 aliphatic rings. The highest BCUT2D eigenvalue weighted by Crippen LogP contribution is 2.39. The normalized spacial score (nSPS) is 27.2.